The molecule has 0 atom stereocenters. The second-order valence-corrected chi connectivity index (χ2v) is 13.2. The van der Waals surface area contributed by atoms with E-state index in [1.165, 1.54) is 82.7 Å². The normalized spacial score (nSPS) is 13.7. The molecule has 0 unspecified atom stereocenters. The number of nitrogens with one attached hydrogen (secondary N) is 1. The standard InChI is InChI=1S/C40H26.C8H14N2/c1-25-11-10-13-27(23-25)33-24-37-39(32-18-5-4-15-29(32)33)38-28-14-3-2-12-26(28)21-22-36(38)40(37)34-19-8-6-16-30(34)31-17-7-9-20-35(31)40;1-4-5-6-8(9)7(2)10-3/h2-24H,1H3;4-6,10H,1,9H2,2-3H3/b;6-5-,8-7-. The Bertz CT molecular complexity index is 2480. The van der Waals surface area contributed by atoms with Crippen molar-refractivity contribution in [3.63, 3.8) is 0 Å². The van der Waals surface area contributed by atoms with Crippen molar-refractivity contribution in [2.45, 2.75) is 19.3 Å². The summed E-state index contributed by atoms with van der Waals surface area (Å²) < 4.78 is 0. The van der Waals surface area contributed by atoms with Gasteiger partial charge in [-0.3, -0.25) is 0 Å². The van der Waals surface area contributed by atoms with E-state index in [-0.39, 0.29) is 5.41 Å². The minimum atomic E-state index is -0.371. The average Bonchev–Trinajstić information content (AvgIpc) is 3.64. The topological polar surface area (TPSA) is 38.0 Å². The van der Waals surface area contributed by atoms with Gasteiger partial charge >= 0.3 is 0 Å². The van der Waals surface area contributed by atoms with E-state index in [2.05, 4.69) is 158 Å². The Balaban J connectivity index is 0.000000318. The predicted octanol–water partition coefficient (Wildman–Crippen LogP) is 11.5. The van der Waals surface area contributed by atoms with E-state index in [4.69, 9.17) is 5.73 Å². The number of rotatable bonds is 4. The lowest BCUT2D eigenvalue weighted by atomic mass is 9.70. The summed E-state index contributed by atoms with van der Waals surface area (Å²) in [5.41, 5.74) is 21.8. The average molecular weight is 645 g/mol. The van der Waals surface area contributed by atoms with E-state index in [1.807, 2.05) is 14.0 Å². The number of nitrogens with two attached hydrogens (primary N) is 1. The van der Waals surface area contributed by atoms with Crippen molar-refractivity contribution in [1.82, 2.24) is 5.32 Å². The first-order chi connectivity index (χ1) is 24.5. The number of hydrogen-bond acceptors (Lipinski definition) is 2. The molecule has 1 spiro atoms. The summed E-state index contributed by atoms with van der Waals surface area (Å²) in [5, 5.41) is 8.19. The third kappa shape index (κ3) is 4.64. The van der Waals surface area contributed by atoms with Crippen molar-refractivity contribution in [1.29, 1.82) is 0 Å². The molecular formula is C48H40N2. The van der Waals surface area contributed by atoms with Crippen LogP contribution in [-0.4, -0.2) is 7.05 Å². The van der Waals surface area contributed by atoms with Crippen molar-refractivity contribution in [3.05, 3.63) is 204 Å². The van der Waals surface area contributed by atoms with Gasteiger partial charge in [0.1, 0.15) is 0 Å². The van der Waals surface area contributed by atoms with Gasteiger partial charge in [0, 0.05) is 12.7 Å². The highest BCUT2D eigenvalue weighted by molar-refractivity contribution is 6.16. The van der Waals surface area contributed by atoms with E-state index in [0.717, 1.165) is 11.4 Å². The summed E-state index contributed by atoms with van der Waals surface area (Å²) in [6.07, 6.45) is 5.30. The van der Waals surface area contributed by atoms with Gasteiger partial charge in [0.05, 0.1) is 11.1 Å². The molecule has 9 rings (SSSR count). The number of hydrogen-bond donors (Lipinski definition) is 2. The maximum atomic E-state index is 5.60. The Hall–Kier alpha value is -6.12. The highest BCUT2D eigenvalue weighted by atomic mass is 14.8. The SMILES string of the molecule is C=C/C=C\C(N)=C(/C)NC.Cc1cccc(-c2cc3c(c4ccccc24)-c2c(ccc4ccccc24)C32c3ccccc3-c3ccccc32)c1. The van der Waals surface area contributed by atoms with Crippen LogP contribution in [0.1, 0.15) is 34.7 Å². The minimum Gasteiger partial charge on any atom is -0.397 e. The Labute approximate surface area is 294 Å². The molecule has 2 heteroatoms. The molecule has 0 radical (unpaired) electrons. The zero-order valence-electron chi connectivity index (χ0n) is 28.8. The molecule has 2 aliphatic rings. The van der Waals surface area contributed by atoms with Crippen LogP contribution in [0.5, 0.6) is 0 Å². The summed E-state index contributed by atoms with van der Waals surface area (Å²) in [4.78, 5) is 0. The van der Waals surface area contributed by atoms with Crippen LogP contribution in [0.15, 0.2) is 176 Å². The Morgan fingerprint density at radius 1 is 0.620 bits per heavy atom. The molecule has 7 aromatic rings. The molecule has 0 amide bonds. The molecule has 3 N–H and O–H groups in total. The van der Waals surface area contributed by atoms with Crippen molar-refractivity contribution in [2.75, 3.05) is 7.05 Å². The van der Waals surface area contributed by atoms with Gasteiger partial charge in [-0.15, -0.1) is 0 Å². The van der Waals surface area contributed by atoms with Gasteiger partial charge in [0.2, 0.25) is 0 Å². The van der Waals surface area contributed by atoms with Crippen molar-refractivity contribution >= 4 is 21.5 Å². The summed E-state index contributed by atoms with van der Waals surface area (Å²) in [6, 6.07) is 52.3. The number of fused-ring (bicyclic) bond motifs is 14. The first-order valence-corrected chi connectivity index (χ1v) is 17.3. The molecule has 242 valence electrons. The monoisotopic (exact) mass is 644 g/mol. The van der Waals surface area contributed by atoms with Gasteiger partial charge in [-0.1, -0.05) is 158 Å². The van der Waals surface area contributed by atoms with Crippen LogP contribution < -0.4 is 11.1 Å². The molecule has 0 saturated heterocycles. The molecule has 0 fully saturated rings. The second-order valence-electron chi connectivity index (χ2n) is 13.2. The quantitative estimate of drug-likeness (QED) is 0.187. The lowest BCUT2D eigenvalue weighted by molar-refractivity contribution is 0.795. The van der Waals surface area contributed by atoms with Crippen LogP contribution in [0, 0.1) is 6.92 Å². The lowest BCUT2D eigenvalue weighted by Crippen LogP contribution is -2.26. The van der Waals surface area contributed by atoms with Crippen LogP contribution in [0.2, 0.25) is 0 Å². The largest absolute Gasteiger partial charge is 0.397 e. The molecule has 0 heterocycles. The smallest absolute Gasteiger partial charge is 0.0726 e. The third-order valence-corrected chi connectivity index (χ3v) is 10.5. The number of aryl methyl sites for hydroxylation is 1. The van der Waals surface area contributed by atoms with E-state index in [1.54, 1.807) is 18.2 Å². The van der Waals surface area contributed by atoms with Gasteiger partial charge in [-0.05, 0) is 103 Å². The molecule has 50 heavy (non-hydrogen) atoms. The molecule has 0 aliphatic heterocycles. The zero-order valence-corrected chi connectivity index (χ0v) is 28.8. The summed E-state index contributed by atoms with van der Waals surface area (Å²) in [6.45, 7) is 7.64. The van der Waals surface area contributed by atoms with Gasteiger partial charge in [-0.25, -0.2) is 0 Å². The fourth-order valence-electron chi connectivity index (χ4n) is 8.25. The highest BCUT2D eigenvalue weighted by Crippen LogP contribution is 2.65. The summed E-state index contributed by atoms with van der Waals surface area (Å²) >= 11 is 0. The van der Waals surface area contributed by atoms with Crippen molar-refractivity contribution in [3.8, 4) is 33.4 Å². The molecular weight excluding hydrogens is 605 g/mol. The van der Waals surface area contributed by atoms with Gasteiger partial charge in [-0.2, -0.15) is 0 Å². The molecule has 0 saturated carbocycles. The second kappa shape index (κ2) is 12.4. The van der Waals surface area contributed by atoms with Crippen LogP contribution >= 0.6 is 0 Å². The van der Waals surface area contributed by atoms with Crippen LogP contribution in [0.3, 0.4) is 0 Å². The molecule has 0 aromatic heterocycles. The van der Waals surface area contributed by atoms with Crippen molar-refractivity contribution < 1.29 is 0 Å². The van der Waals surface area contributed by atoms with Gasteiger partial charge < -0.3 is 11.1 Å². The van der Waals surface area contributed by atoms with Crippen LogP contribution in [0.25, 0.3) is 54.9 Å². The predicted molar refractivity (Wildman–Crippen MR) is 213 cm³/mol. The summed E-state index contributed by atoms with van der Waals surface area (Å²) in [7, 11) is 1.84. The molecule has 7 aromatic carbocycles. The van der Waals surface area contributed by atoms with E-state index in [0.29, 0.717) is 0 Å². The summed E-state index contributed by atoms with van der Waals surface area (Å²) in [5.74, 6) is 0. The number of allylic oxidation sites excluding steroid dienone is 4. The zero-order chi connectivity index (χ0) is 34.4. The fourth-order valence-corrected chi connectivity index (χ4v) is 8.25. The fraction of sp³-hybridized carbons (Fsp3) is 0.0833. The third-order valence-electron chi connectivity index (χ3n) is 10.5. The van der Waals surface area contributed by atoms with E-state index < -0.39 is 0 Å². The van der Waals surface area contributed by atoms with Gasteiger partial charge in [0.25, 0.3) is 0 Å². The number of benzene rings is 7. The van der Waals surface area contributed by atoms with E-state index >= 15 is 0 Å². The van der Waals surface area contributed by atoms with Gasteiger partial charge in [0.15, 0.2) is 0 Å². The highest BCUT2D eigenvalue weighted by Gasteiger charge is 2.52. The molecule has 2 aliphatic carbocycles. The maximum Gasteiger partial charge on any atom is 0.0726 e. The Morgan fingerprint density at radius 3 is 1.92 bits per heavy atom. The molecule has 2 nitrogen and oxygen atoms in total. The Kier molecular flexibility index (Phi) is 7.73. The maximum absolute atomic E-state index is 5.60. The first-order valence-electron chi connectivity index (χ1n) is 17.3. The van der Waals surface area contributed by atoms with Crippen LogP contribution in [0.4, 0.5) is 0 Å². The Morgan fingerprint density at radius 2 is 1.24 bits per heavy atom. The first kappa shape index (κ1) is 31.2. The van der Waals surface area contributed by atoms with E-state index in [9.17, 15) is 0 Å². The lowest BCUT2D eigenvalue weighted by Gasteiger charge is -2.31. The van der Waals surface area contributed by atoms with Crippen LogP contribution in [-0.2, 0) is 5.41 Å². The minimum absolute atomic E-state index is 0.371. The molecule has 0 bridgehead atoms. The van der Waals surface area contributed by atoms with Crippen molar-refractivity contribution in [2.24, 2.45) is 5.73 Å².